The van der Waals surface area contributed by atoms with Crippen LogP contribution in [-0.4, -0.2) is 14.4 Å². The minimum absolute atomic E-state index is 0.0420. The molecule has 0 heterocycles. The molecule has 1 aromatic rings. The highest BCUT2D eigenvalue weighted by molar-refractivity contribution is 7.89. The van der Waals surface area contributed by atoms with Gasteiger partial charge in [-0.05, 0) is 17.7 Å². The summed E-state index contributed by atoms with van der Waals surface area (Å²) in [5.74, 6) is -1.21. The third-order valence-corrected chi connectivity index (χ3v) is 2.53. The molecule has 0 unspecified atom stereocenters. The van der Waals surface area contributed by atoms with Gasteiger partial charge in [-0.1, -0.05) is 12.1 Å². The van der Waals surface area contributed by atoms with Gasteiger partial charge in [-0.25, -0.2) is 13.6 Å². The largest absolute Gasteiger partial charge is 0.550 e. The summed E-state index contributed by atoms with van der Waals surface area (Å²) >= 11 is 0. The molecule has 6 heteroatoms. The maximum Gasteiger partial charge on any atom is 0.238 e. The maximum atomic E-state index is 10.8. The molecule has 0 aliphatic carbocycles. The third kappa shape index (κ3) is 2.82. The topological polar surface area (TPSA) is 100 Å². The van der Waals surface area contributed by atoms with Crippen molar-refractivity contribution < 1.29 is 18.3 Å². The molecule has 0 amide bonds. The van der Waals surface area contributed by atoms with Crippen molar-refractivity contribution in [2.75, 3.05) is 0 Å². The van der Waals surface area contributed by atoms with Gasteiger partial charge in [-0.3, -0.25) is 0 Å². The summed E-state index contributed by atoms with van der Waals surface area (Å²) in [4.78, 5) is 10.2. The van der Waals surface area contributed by atoms with E-state index in [1.54, 1.807) is 0 Å². The number of aliphatic carboxylic acids is 1. The molecule has 0 aliphatic heterocycles. The second-order valence-electron chi connectivity index (χ2n) is 2.74. The highest BCUT2D eigenvalue weighted by atomic mass is 32.2. The molecule has 1 aromatic carbocycles. The summed E-state index contributed by atoms with van der Waals surface area (Å²) in [7, 11) is -3.71. The van der Waals surface area contributed by atoms with E-state index >= 15 is 0 Å². The lowest BCUT2D eigenvalue weighted by Gasteiger charge is -2.03. The highest BCUT2D eigenvalue weighted by Gasteiger charge is 2.06. The van der Waals surface area contributed by atoms with Gasteiger partial charge in [-0.2, -0.15) is 0 Å². The zero-order chi connectivity index (χ0) is 10.8. The number of hydrogen-bond donors (Lipinski definition) is 1. The zero-order valence-corrected chi connectivity index (χ0v) is 7.95. The molecular weight excluding hydrogens is 206 g/mol. The van der Waals surface area contributed by atoms with Crippen LogP contribution in [0.3, 0.4) is 0 Å². The molecule has 0 saturated carbocycles. The predicted molar refractivity (Wildman–Crippen MR) is 46.5 cm³/mol. The van der Waals surface area contributed by atoms with E-state index in [9.17, 15) is 18.3 Å². The molecule has 5 nitrogen and oxygen atoms in total. The van der Waals surface area contributed by atoms with Gasteiger partial charge in [0.15, 0.2) is 0 Å². The van der Waals surface area contributed by atoms with Crippen LogP contribution >= 0.6 is 0 Å². The van der Waals surface area contributed by atoms with E-state index in [0.29, 0.717) is 5.56 Å². The molecule has 0 atom stereocenters. The van der Waals surface area contributed by atoms with Gasteiger partial charge in [0.05, 0.1) is 4.90 Å². The van der Waals surface area contributed by atoms with E-state index in [0.717, 1.165) is 0 Å². The second-order valence-corrected chi connectivity index (χ2v) is 4.30. The van der Waals surface area contributed by atoms with Gasteiger partial charge in [0.2, 0.25) is 10.0 Å². The van der Waals surface area contributed by atoms with Crippen LogP contribution < -0.4 is 10.2 Å². The number of sulfonamides is 1. The van der Waals surface area contributed by atoms with Crippen LogP contribution in [0.25, 0.3) is 0 Å². The first-order chi connectivity index (χ1) is 6.39. The van der Waals surface area contributed by atoms with Gasteiger partial charge in [0, 0.05) is 12.4 Å². The van der Waals surface area contributed by atoms with Crippen molar-refractivity contribution in [3.05, 3.63) is 29.8 Å². The fraction of sp³-hybridized carbons (Fsp3) is 0.125. The number of hydrogen-bond acceptors (Lipinski definition) is 4. The first-order valence-electron chi connectivity index (χ1n) is 3.71. The molecule has 2 N–H and O–H groups in total. The molecule has 76 valence electrons. The van der Waals surface area contributed by atoms with Crippen LogP contribution in [0.5, 0.6) is 0 Å². The summed E-state index contributed by atoms with van der Waals surface area (Å²) in [5.41, 5.74) is 0.470. The van der Waals surface area contributed by atoms with Crippen molar-refractivity contribution in [2.24, 2.45) is 5.14 Å². The molecule has 0 bridgehead atoms. The monoisotopic (exact) mass is 214 g/mol. The van der Waals surface area contributed by atoms with Gasteiger partial charge >= 0.3 is 0 Å². The Morgan fingerprint density at radius 1 is 1.29 bits per heavy atom. The number of rotatable bonds is 3. The number of carbonyl (C=O) groups is 1. The van der Waals surface area contributed by atoms with Crippen molar-refractivity contribution in [3.63, 3.8) is 0 Å². The Hall–Kier alpha value is -1.40. The van der Waals surface area contributed by atoms with E-state index in [-0.39, 0.29) is 11.3 Å². The molecule has 1 rings (SSSR count). The molecule has 0 aromatic heterocycles. The maximum absolute atomic E-state index is 10.8. The van der Waals surface area contributed by atoms with E-state index in [1.807, 2.05) is 0 Å². The lowest BCUT2D eigenvalue weighted by molar-refractivity contribution is -0.304. The molecule has 0 spiro atoms. The van der Waals surface area contributed by atoms with Crippen molar-refractivity contribution in [2.45, 2.75) is 11.3 Å². The summed E-state index contributed by atoms with van der Waals surface area (Å²) in [6.07, 6.45) is -0.245. The van der Waals surface area contributed by atoms with Crippen molar-refractivity contribution in [1.29, 1.82) is 0 Å². The normalized spacial score (nSPS) is 11.2. The first-order valence-corrected chi connectivity index (χ1v) is 5.26. The van der Waals surface area contributed by atoms with Gasteiger partial charge < -0.3 is 9.90 Å². The number of benzene rings is 1. The predicted octanol–water partition coefficient (Wildman–Crippen LogP) is -1.37. The Labute approximate surface area is 81.2 Å². The highest BCUT2D eigenvalue weighted by Crippen LogP contribution is 2.08. The van der Waals surface area contributed by atoms with Crippen LogP contribution in [0.15, 0.2) is 29.2 Å². The fourth-order valence-corrected chi connectivity index (χ4v) is 1.48. The molecule has 14 heavy (non-hydrogen) atoms. The van der Waals surface area contributed by atoms with Crippen molar-refractivity contribution in [1.82, 2.24) is 0 Å². The lowest BCUT2D eigenvalue weighted by atomic mass is 10.2. The van der Waals surface area contributed by atoms with Crippen molar-refractivity contribution >= 4 is 16.0 Å². The Morgan fingerprint density at radius 2 is 1.79 bits per heavy atom. The summed E-state index contributed by atoms with van der Waals surface area (Å²) in [6.45, 7) is 0. The summed E-state index contributed by atoms with van der Waals surface area (Å²) < 4.78 is 21.6. The Bertz CT molecular complexity index is 435. The minimum atomic E-state index is -3.71. The number of carboxylic acids is 1. The third-order valence-electron chi connectivity index (χ3n) is 1.60. The first kappa shape index (κ1) is 10.7. The van der Waals surface area contributed by atoms with Crippen LogP contribution in [0.4, 0.5) is 0 Å². The molecule has 0 fully saturated rings. The van der Waals surface area contributed by atoms with E-state index in [2.05, 4.69) is 0 Å². The van der Waals surface area contributed by atoms with E-state index in [1.165, 1.54) is 24.3 Å². The van der Waals surface area contributed by atoms with Gasteiger partial charge in [0.25, 0.3) is 0 Å². The minimum Gasteiger partial charge on any atom is -0.550 e. The smallest absolute Gasteiger partial charge is 0.238 e. The average molecular weight is 214 g/mol. The van der Waals surface area contributed by atoms with E-state index in [4.69, 9.17) is 5.14 Å². The molecule has 0 aliphatic rings. The van der Waals surface area contributed by atoms with Crippen LogP contribution in [-0.2, 0) is 21.2 Å². The number of carbonyl (C=O) groups excluding carboxylic acids is 1. The number of carboxylic acid groups (broad SMARTS) is 1. The van der Waals surface area contributed by atoms with Crippen LogP contribution in [0.1, 0.15) is 5.56 Å². The Morgan fingerprint density at radius 3 is 2.14 bits per heavy atom. The second kappa shape index (κ2) is 3.77. The lowest BCUT2D eigenvalue weighted by Crippen LogP contribution is -2.24. The Balaban J connectivity index is 2.95. The number of primary sulfonamides is 1. The van der Waals surface area contributed by atoms with Gasteiger partial charge in [0.1, 0.15) is 0 Å². The van der Waals surface area contributed by atoms with Crippen LogP contribution in [0.2, 0.25) is 0 Å². The SMILES string of the molecule is NS(=O)(=O)c1ccc(CC(=O)[O-])cc1. The number of nitrogens with two attached hydrogens (primary N) is 1. The molecular formula is C8H8NO4S-. The molecule has 0 saturated heterocycles. The van der Waals surface area contributed by atoms with Crippen LogP contribution in [0, 0.1) is 0 Å². The van der Waals surface area contributed by atoms with Gasteiger partial charge in [-0.15, -0.1) is 0 Å². The summed E-state index contributed by atoms with van der Waals surface area (Å²) in [5, 5.41) is 15.0. The summed E-state index contributed by atoms with van der Waals surface area (Å²) in [6, 6.07) is 5.28. The molecule has 0 radical (unpaired) electrons. The quantitative estimate of drug-likeness (QED) is 0.670. The average Bonchev–Trinajstić information content (AvgIpc) is 2.02. The zero-order valence-electron chi connectivity index (χ0n) is 7.14. The standard InChI is InChI=1S/C8H9NO4S/c9-14(12,13)7-3-1-6(2-4-7)5-8(10)11/h1-4H,5H2,(H,10,11)(H2,9,12,13)/p-1. The Kier molecular flexibility index (Phi) is 2.87. The van der Waals surface area contributed by atoms with E-state index < -0.39 is 16.0 Å². The fourth-order valence-electron chi connectivity index (χ4n) is 0.964. The van der Waals surface area contributed by atoms with Crippen molar-refractivity contribution in [3.8, 4) is 0 Å².